The zero-order valence-electron chi connectivity index (χ0n) is 11.8. The van der Waals surface area contributed by atoms with E-state index in [9.17, 15) is 9.90 Å². The number of fused-ring (bicyclic) bond motifs is 1. The molecule has 0 fully saturated rings. The summed E-state index contributed by atoms with van der Waals surface area (Å²) in [6.07, 6.45) is 3.09. The number of para-hydroxylation sites is 2. The van der Waals surface area contributed by atoms with Crippen molar-refractivity contribution >= 4 is 11.6 Å². The molecule has 4 heteroatoms. The predicted octanol–water partition coefficient (Wildman–Crippen LogP) is 3.52. The van der Waals surface area contributed by atoms with Crippen molar-refractivity contribution in [1.29, 1.82) is 0 Å². The number of phenols is 1. The monoisotopic (exact) mass is 281 g/mol. The van der Waals surface area contributed by atoms with Crippen molar-refractivity contribution in [2.45, 2.75) is 13.8 Å². The predicted molar refractivity (Wildman–Crippen MR) is 80.6 cm³/mol. The summed E-state index contributed by atoms with van der Waals surface area (Å²) < 4.78 is 5.39. The Morgan fingerprint density at radius 3 is 2.52 bits per heavy atom. The van der Waals surface area contributed by atoms with Gasteiger partial charge in [-0.15, -0.1) is 0 Å². The van der Waals surface area contributed by atoms with E-state index in [1.165, 1.54) is 6.26 Å². The molecule has 0 aromatic heterocycles. The van der Waals surface area contributed by atoms with Crippen LogP contribution in [0.25, 0.3) is 0 Å². The molecule has 0 aliphatic carbocycles. The molecule has 0 radical (unpaired) electrons. The minimum Gasteiger partial charge on any atom is -0.507 e. The van der Waals surface area contributed by atoms with Crippen LogP contribution in [0.2, 0.25) is 0 Å². The summed E-state index contributed by atoms with van der Waals surface area (Å²) in [4.78, 5) is 14.3. The summed E-state index contributed by atoms with van der Waals surface area (Å²) in [7, 11) is 0. The van der Waals surface area contributed by atoms with Gasteiger partial charge in [-0.2, -0.15) is 0 Å². The van der Waals surface area contributed by atoms with Gasteiger partial charge in [-0.25, -0.2) is 0 Å². The molecule has 1 amide bonds. The van der Waals surface area contributed by atoms with E-state index in [1.54, 1.807) is 37.1 Å². The molecule has 4 nitrogen and oxygen atoms in total. The highest BCUT2D eigenvalue weighted by Crippen LogP contribution is 2.33. The molecular formula is C17H15NO3. The van der Waals surface area contributed by atoms with Crippen molar-refractivity contribution in [3.05, 3.63) is 65.6 Å². The number of anilines is 1. The van der Waals surface area contributed by atoms with Gasteiger partial charge >= 0.3 is 0 Å². The number of hydrogen-bond acceptors (Lipinski definition) is 3. The van der Waals surface area contributed by atoms with Crippen molar-refractivity contribution in [1.82, 2.24) is 0 Å². The van der Waals surface area contributed by atoms with Crippen molar-refractivity contribution in [3.63, 3.8) is 0 Å². The number of aryl methyl sites for hydroxylation is 2. The average molecular weight is 281 g/mol. The Morgan fingerprint density at radius 2 is 1.81 bits per heavy atom. The second-order valence-corrected chi connectivity index (χ2v) is 5.00. The molecule has 1 N–H and O–H groups in total. The Kier molecular flexibility index (Phi) is 3.14. The van der Waals surface area contributed by atoms with Crippen LogP contribution in [0.5, 0.6) is 11.5 Å². The Bertz CT molecular complexity index is 726. The molecule has 1 aliphatic rings. The standard InChI is InChI=1S/C17H15NO3/c1-11-9-13(10-12(2)16(11)19)17(20)18-7-8-21-15-6-4-3-5-14(15)18/h3-10,19H,1-2H3. The lowest BCUT2D eigenvalue weighted by atomic mass is 10.0. The molecule has 0 atom stereocenters. The first-order valence-electron chi connectivity index (χ1n) is 6.64. The molecule has 106 valence electrons. The van der Waals surface area contributed by atoms with Crippen LogP contribution < -0.4 is 9.64 Å². The molecule has 2 aromatic carbocycles. The van der Waals surface area contributed by atoms with Gasteiger partial charge < -0.3 is 9.84 Å². The van der Waals surface area contributed by atoms with E-state index in [2.05, 4.69) is 0 Å². The number of amides is 1. The fourth-order valence-corrected chi connectivity index (χ4v) is 2.40. The highest BCUT2D eigenvalue weighted by molar-refractivity contribution is 6.08. The van der Waals surface area contributed by atoms with Crippen LogP contribution in [0.3, 0.4) is 0 Å². The highest BCUT2D eigenvalue weighted by atomic mass is 16.5. The van der Waals surface area contributed by atoms with E-state index in [1.807, 2.05) is 24.3 Å². The summed E-state index contributed by atoms with van der Waals surface area (Å²) in [5, 5.41) is 9.82. The number of carbonyl (C=O) groups is 1. The maximum Gasteiger partial charge on any atom is 0.262 e. The highest BCUT2D eigenvalue weighted by Gasteiger charge is 2.22. The quantitative estimate of drug-likeness (QED) is 0.870. The van der Waals surface area contributed by atoms with Crippen LogP contribution in [0, 0.1) is 13.8 Å². The normalized spacial score (nSPS) is 12.8. The number of carbonyl (C=O) groups excluding carboxylic acids is 1. The third-order valence-electron chi connectivity index (χ3n) is 3.49. The van der Waals surface area contributed by atoms with E-state index in [0.29, 0.717) is 28.1 Å². The first-order chi connectivity index (χ1) is 10.1. The smallest absolute Gasteiger partial charge is 0.262 e. The second kappa shape index (κ2) is 4.98. The van der Waals surface area contributed by atoms with Gasteiger partial charge in [-0.05, 0) is 49.2 Å². The zero-order chi connectivity index (χ0) is 15.0. The first-order valence-corrected chi connectivity index (χ1v) is 6.64. The zero-order valence-corrected chi connectivity index (χ0v) is 11.8. The van der Waals surface area contributed by atoms with Crippen LogP contribution in [-0.2, 0) is 0 Å². The van der Waals surface area contributed by atoms with Gasteiger partial charge in [0.15, 0.2) is 5.75 Å². The van der Waals surface area contributed by atoms with Gasteiger partial charge in [0.05, 0.1) is 5.69 Å². The van der Waals surface area contributed by atoms with Gasteiger partial charge in [0.2, 0.25) is 0 Å². The number of aromatic hydroxyl groups is 1. The Labute approximate surface area is 122 Å². The van der Waals surface area contributed by atoms with Crippen molar-refractivity contribution in [2.24, 2.45) is 0 Å². The minimum absolute atomic E-state index is 0.159. The molecule has 0 unspecified atom stereocenters. The van der Waals surface area contributed by atoms with Gasteiger partial charge in [0.25, 0.3) is 5.91 Å². The molecule has 21 heavy (non-hydrogen) atoms. The molecule has 2 aromatic rings. The van der Waals surface area contributed by atoms with Crippen LogP contribution in [-0.4, -0.2) is 11.0 Å². The Morgan fingerprint density at radius 1 is 1.14 bits per heavy atom. The lowest BCUT2D eigenvalue weighted by molar-refractivity contribution is 0.0995. The average Bonchev–Trinajstić information content (AvgIpc) is 2.51. The summed E-state index contributed by atoms with van der Waals surface area (Å²) in [6.45, 7) is 3.56. The van der Waals surface area contributed by atoms with Crippen molar-refractivity contribution in [3.8, 4) is 11.5 Å². The van der Waals surface area contributed by atoms with Crippen LogP contribution in [0.15, 0.2) is 48.9 Å². The fraction of sp³-hybridized carbons (Fsp3) is 0.118. The summed E-state index contributed by atoms with van der Waals surface area (Å²) in [5.41, 5.74) is 2.60. The molecule has 1 aliphatic heterocycles. The largest absolute Gasteiger partial charge is 0.507 e. The molecule has 0 bridgehead atoms. The minimum atomic E-state index is -0.159. The van der Waals surface area contributed by atoms with E-state index in [0.717, 1.165) is 0 Å². The van der Waals surface area contributed by atoms with Gasteiger partial charge in [0, 0.05) is 11.8 Å². The molecule has 0 spiro atoms. The molecule has 1 heterocycles. The van der Waals surface area contributed by atoms with Crippen molar-refractivity contribution in [2.75, 3.05) is 4.90 Å². The molecular weight excluding hydrogens is 266 g/mol. The van der Waals surface area contributed by atoms with E-state index in [4.69, 9.17) is 4.74 Å². The fourth-order valence-electron chi connectivity index (χ4n) is 2.40. The maximum absolute atomic E-state index is 12.7. The second-order valence-electron chi connectivity index (χ2n) is 5.00. The lowest BCUT2D eigenvalue weighted by Gasteiger charge is -2.24. The van der Waals surface area contributed by atoms with E-state index >= 15 is 0 Å². The maximum atomic E-state index is 12.7. The number of ether oxygens (including phenoxy) is 1. The Balaban J connectivity index is 2.03. The number of rotatable bonds is 1. The van der Waals surface area contributed by atoms with Gasteiger partial charge in [0.1, 0.15) is 12.0 Å². The first kappa shape index (κ1) is 13.2. The molecule has 0 saturated heterocycles. The molecule has 3 rings (SSSR count). The summed E-state index contributed by atoms with van der Waals surface area (Å²) >= 11 is 0. The summed E-state index contributed by atoms with van der Waals surface area (Å²) in [6, 6.07) is 10.7. The summed E-state index contributed by atoms with van der Waals surface area (Å²) in [5.74, 6) is 0.707. The van der Waals surface area contributed by atoms with Crippen molar-refractivity contribution < 1.29 is 14.6 Å². The number of phenolic OH excluding ortho intramolecular Hbond substituents is 1. The number of hydrogen-bond donors (Lipinski definition) is 1. The third-order valence-corrected chi connectivity index (χ3v) is 3.49. The Hall–Kier alpha value is -2.75. The molecule has 0 saturated carbocycles. The number of nitrogens with zero attached hydrogens (tertiary/aromatic N) is 1. The van der Waals surface area contributed by atoms with Crippen LogP contribution in [0.4, 0.5) is 5.69 Å². The van der Waals surface area contributed by atoms with Gasteiger partial charge in [-0.3, -0.25) is 9.69 Å². The lowest BCUT2D eigenvalue weighted by Crippen LogP contribution is -2.27. The topological polar surface area (TPSA) is 49.8 Å². The third kappa shape index (κ3) is 2.25. The van der Waals surface area contributed by atoms with Gasteiger partial charge in [-0.1, -0.05) is 12.1 Å². The number of benzene rings is 2. The van der Waals surface area contributed by atoms with E-state index < -0.39 is 0 Å². The van der Waals surface area contributed by atoms with Crippen LogP contribution >= 0.6 is 0 Å². The van der Waals surface area contributed by atoms with E-state index in [-0.39, 0.29) is 11.7 Å². The van der Waals surface area contributed by atoms with Crippen LogP contribution in [0.1, 0.15) is 21.5 Å². The SMILES string of the molecule is Cc1cc(C(=O)N2C=COc3ccccc32)cc(C)c1O.